The Hall–Kier alpha value is -0.960. The van der Waals surface area contributed by atoms with E-state index < -0.39 is 16.0 Å². The Morgan fingerprint density at radius 2 is 2.00 bits per heavy atom. The van der Waals surface area contributed by atoms with Gasteiger partial charge >= 0.3 is 0 Å². The molecule has 0 saturated carbocycles. The van der Waals surface area contributed by atoms with Gasteiger partial charge in [0.2, 0.25) is 10.0 Å². The molecule has 0 atom stereocenters. The number of likely N-dealkylation sites (N-methyl/N-ethyl adjacent to an activating group) is 1. The fourth-order valence-electron chi connectivity index (χ4n) is 2.37. The van der Waals surface area contributed by atoms with Crippen LogP contribution in [0.4, 0.5) is 0 Å². The molecule has 1 saturated heterocycles. The number of hydrogen-bond acceptors (Lipinski definition) is 4. The maximum atomic E-state index is 12.6. The van der Waals surface area contributed by atoms with E-state index in [2.05, 4.69) is 22.9 Å². The molecule has 0 bridgehead atoms. The number of carboxylic acids is 1. The van der Waals surface area contributed by atoms with Crippen LogP contribution in [0.3, 0.4) is 0 Å². The first kappa shape index (κ1) is 16.4. The predicted molar refractivity (Wildman–Crippen MR) is 78.5 cm³/mol. The van der Waals surface area contributed by atoms with Crippen LogP contribution in [0, 0.1) is 0 Å². The Morgan fingerprint density at radius 3 is 2.48 bits per heavy atom. The highest BCUT2D eigenvalue weighted by Gasteiger charge is 2.31. The average molecular weight is 377 g/mol. The van der Waals surface area contributed by atoms with Gasteiger partial charge in [0.25, 0.3) is 0 Å². The second-order valence-electron chi connectivity index (χ2n) is 4.94. The lowest BCUT2D eigenvalue weighted by Gasteiger charge is -2.31. The topological polar surface area (TPSA) is 82.0 Å². The summed E-state index contributed by atoms with van der Waals surface area (Å²) in [6.07, 6.45) is 0. The molecule has 0 aromatic heterocycles. The number of carbonyl (C=O) groups is 1. The first-order valence-electron chi connectivity index (χ1n) is 6.71. The van der Waals surface area contributed by atoms with Crippen LogP contribution in [0.1, 0.15) is 17.3 Å². The Balaban J connectivity index is 2.26. The van der Waals surface area contributed by atoms with E-state index in [1.807, 2.05) is 0 Å². The van der Waals surface area contributed by atoms with Gasteiger partial charge in [0.15, 0.2) is 0 Å². The van der Waals surface area contributed by atoms with E-state index in [0.29, 0.717) is 13.1 Å². The molecule has 116 valence electrons. The molecular weight excluding hydrogens is 360 g/mol. The van der Waals surface area contributed by atoms with Crippen LogP contribution in [-0.2, 0) is 10.0 Å². The summed E-state index contributed by atoms with van der Waals surface area (Å²) in [5.74, 6) is -1.33. The Labute approximate surface area is 132 Å². The van der Waals surface area contributed by atoms with Crippen molar-refractivity contribution >= 4 is 31.9 Å². The molecule has 0 unspecified atom stereocenters. The Bertz CT molecular complexity index is 640. The minimum atomic E-state index is -3.61. The monoisotopic (exact) mass is 376 g/mol. The van der Waals surface area contributed by atoms with Gasteiger partial charge in [-0.15, -0.1) is 0 Å². The third kappa shape index (κ3) is 3.45. The van der Waals surface area contributed by atoms with Crippen molar-refractivity contribution in [3.63, 3.8) is 0 Å². The number of piperazine rings is 1. The largest absolute Gasteiger partial charge is 0.545 e. The molecule has 2 rings (SSSR count). The van der Waals surface area contributed by atoms with Gasteiger partial charge in [0.05, 0.1) is 43.6 Å². The third-order valence-electron chi connectivity index (χ3n) is 3.71. The molecule has 6 nitrogen and oxygen atoms in total. The van der Waals surface area contributed by atoms with E-state index in [4.69, 9.17) is 0 Å². The molecule has 1 fully saturated rings. The minimum Gasteiger partial charge on any atom is -0.545 e. The number of hydrogen-bond donors (Lipinski definition) is 1. The number of rotatable bonds is 4. The number of sulfonamides is 1. The number of quaternary nitrogens is 1. The quantitative estimate of drug-likeness (QED) is 0.709. The highest BCUT2D eigenvalue weighted by molar-refractivity contribution is 9.10. The molecule has 1 aliphatic heterocycles. The van der Waals surface area contributed by atoms with Crippen LogP contribution in [0.15, 0.2) is 27.6 Å². The van der Waals surface area contributed by atoms with Crippen LogP contribution in [0.25, 0.3) is 0 Å². The normalized spacial score (nSPS) is 17.8. The predicted octanol–water partition coefficient (Wildman–Crippen LogP) is -1.28. The zero-order valence-corrected chi connectivity index (χ0v) is 14.0. The summed E-state index contributed by atoms with van der Waals surface area (Å²) in [6, 6.07) is 3.82. The van der Waals surface area contributed by atoms with Gasteiger partial charge in [-0.3, -0.25) is 0 Å². The molecule has 0 spiro atoms. The summed E-state index contributed by atoms with van der Waals surface area (Å²) in [5.41, 5.74) is -0.0546. The van der Waals surface area contributed by atoms with Crippen LogP contribution in [-0.4, -0.2) is 51.4 Å². The highest BCUT2D eigenvalue weighted by atomic mass is 79.9. The van der Waals surface area contributed by atoms with E-state index in [9.17, 15) is 18.3 Å². The summed E-state index contributed by atoms with van der Waals surface area (Å²) < 4.78 is 26.9. The number of nitrogens with one attached hydrogen (secondary N) is 1. The van der Waals surface area contributed by atoms with Gasteiger partial charge in [-0.1, -0.05) is 6.07 Å². The van der Waals surface area contributed by atoms with Crippen LogP contribution >= 0.6 is 15.9 Å². The number of carboxylic acid groups (broad SMARTS) is 1. The summed E-state index contributed by atoms with van der Waals surface area (Å²) >= 11 is 3.14. The second-order valence-corrected chi connectivity index (χ2v) is 7.70. The lowest BCUT2D eigenvalue weighted by Crippen LogP contribution is -3.14. The first-order valence-corrected chi connectivity index (χ1v) is 8.94. The van der Waals surface area contributed by atoms with Crippen LogP contribution in [0.5, 0.6) is 0 Å². The Morgan fingerprint density at radius 1 is 1.38 bits per heavy atom. The maximum absolute atomic E-state index is 12.6. The van der Waals surface area contributed by atoms with Gasteiger partial charge < -0.3 is 14.8 Å². The van der Waals surface area contributed by atoms with Crippen molar-refractivity contribution < 1.29 is 23.2 Å². The molecule has 1 aromatic carbocycles. The van der Waals surface area contributed by atoms with Crippen molar-refractivity contribution in [3.8, 4) is 0 Å². The summed E-state index contributed by atoms with van der Waals surface area (Å²) in [5, 5.41) is 10.8. The van der Waals surface area contributed by atoms with Gasteiger partial charge in [-0.05, 0) is 40.5 Å². The standard InChI is InChI=1S/C13H17BrN2O4S/c1-2-15-5-7-16(8-6-15)21(19,20)12-4-3-10(13(17)18)9-11(12)14/h3-4,9H,2,5-8H2,1H3,(H,17,18). The zero-order chi connectivity index (χ0) is 15.6. The van der Waals surface area contributed by atoms with E-state index in [-0.39, 0.29) is 14.9 Å². The van der Waals surface area contributed by atoms with Gasteiger partial charge in [-0.25, -0.2) is 8.42 Å². The molecule has 0 radical (unpaired) electrons. The molecule has 0 amide bonds. The zero-order valence-electron chi connectivity index (χ0n) is 11.6. The fraction of sp³-hybridized carbons (Fsp3) is 0.462. The molecule has 0 aliphatic carbocycles. The fourth-order valence-corrected chi connectivity index (χ4v) is 4.85. The van der Waals surface area contributed by atoms with Crippen molar-refractivity contribution in [1.29, 1.82) is 0 Å². The number of carbonyl (C=O) groups excluding carboxylic acids is 1. The lowest BCUT2D eigenvalue weighted by molar-refractivity contribution is -0.901. The first-order chi connectivity index (χ1) is 9.86. The van der Waals surface area contributed by atoms with E-state index in [1.54, 1.807) is 0 Å². The molecule has 8 heteroatoms. The molecule has 21 heavy (non-hydrogen) atoms. The van der Waals surface area contributed by atoms with Crippen molar-refractivity contribution in [2.24, 2.45) is 0 Å². The van der Waals surface area contributed by atoms with Crippen molar-refractivity contribution in [2.45, 2.75) is 11.8 Å². The average Bonchev–Trinajstić information content (AvgIpc) is 2.46. The Kier molecular flexibility index (Phi) is 5.03. The van der Waals surface area contributed by atoms with Crippen LogP contribution in [0.2, 0.25) is 0 Å². The molecular formula is C13H17BrN2O4S. The minimum absolute atomic E-state index is 0.0546. The van der Waals surface area contributed by atoms with E-state index in [0.717, 1.165) is 19.6 Å². The summed E-state index contributed by atoms with van der Waals surface area (Å²) in [6.45, 7) is 5.57. The van der Waals surface area contributed by atoms with E-state index >= 15 is 0 Å². The smallest absolute Gasteiger partial charge is 0.244 e. The van der Waals surface area contributed by atoms with Crippen LogP contribution < -0.4 is 10.0 Å². The third-order valence-corrected chi connectivity index (χ3v) is 6.59. The summed E-state index contributed by atoms with van der Waals surface area (Å²) in [4.78, 5) is 12.3. The summed E-state index contributed by atoms with van der Waals surface area (Å²) in [7, 11) is -3.61. The van der Waals surface area contributed by atoms with Crippen molar-refractivity contribution in [1.82, 2.24) is 4.31 Å². The molecule has 1 aromatic rings. The number of aromatic carboxylic acids is 1. The maximum Gasteiger partial charge on any atom is 0.244 e. The SMILES string of the molecule is CC[NH+]1CCN(S(=O)(=O)c2ccc(C(=O)[O-])cc2Br)CC1. The number of nitrogens with zero attached hydrogens (tertiary/aromatic N) is 1. The van der Waals surface area contributed by atoms with Gasteiger partial charge in [-0.2, -0.15) is 4.31 Å². The van der Waals surface area contributed by atoms with E-state index in [1.165, 1.54) is 27.4 Å². The lowest BCUT2D eigenvalue weighted by atomic mass is 10.2. The van der Waals surface area contributed by atoms with Crippen molar-refractivity contribution in [3.05, 3.63) is 28.2 Å². The second kappa shape index (κ2) is 6.43. The number of halogens is 1. The van der Waals surface area contributed by atoms with Gasteiger partial charge in [0, 0.05) is 4.47 Å². The molecule has 1 aliphatic rings. The molecule has 1 heterocycles. The molecule has 1 N–H and O–H groups in total. The van der Waals surface area contributed by atoms with Crippen molar-refractivity contribution in [2.75, 3.05) is 32.7 Å². The highest BCUT2D eigenvalue weighted by Crippen LogP contribution is 2.26. The van der Waals surface area contributed by atoms with Gasteiger partial charge in [0.1, 0.15) is 0 Å². The number of benzene rings is 1.